The number of nitrogens with one attached hydrogen (secondary N) is 1. The zero-order valence-electron chi connectivity index (χ0n) is 9.11. The number of rotatable bonds is 0. The van der Waals surface area contributed by atoms with Gasteiger partial charge in [0.15, 0.2) is 0 Å². The van der Waals surface area contributed by atoms with Gasteiger partial charge in [0, 0.05) is 6.54 Å². The van der Waals surface area contributed by atoms with Crippen molar-refractivity contribution in [3.63, 3.8) is 0 Å². The molecule has 0 bridgehead atoms. The first kappa shape index (κ1) is 10.5. The molecule has 0 saturated heterocycles. The highest BCUT2D eigenvalue weighted by atomic mass is 14.9. The average Bonchev–Trinajstić information content (AvgIpc) is 2.21. The first-order chi connectivity index (χ1) is 6.36. The number of allylic oxidation sites excluding steroid dienone is 2. The molecule has 0 spiro atoms. The van der Waals surface area contributed by atoms with Gasteiger partial charge in [0.05, 0.1) is 0 Å². The molecular weight excluding hydrogens is 158 g/mol. The molecule has 0 atom stereocenters. The fraction of sp³-hybridized carbons (Fsp3) is 0.667. The zero-order chi connectivity index (χ0) is 9.68. The molecule has 1 N–H and O–H groups in total. The lowest BCUT2D eigenvalue weighted by molar-refractivity contribution is 0.650. The Morgan fingerprint density at radius 3 is 2.69 bits per heavy atom. The highest BCUT2D eigenvalue weighted by Crippen LogP contribution is 2.26. The Kier molecular flexibility index (Phi) is 4.23. The average molecular weight is 179 g/mol. The van der Waals surface area contributed by atoms with Crippen LogP contribution in [0.3, 0.4) is 0 Å². The van der Waals surface area contributed by atoms with E-state index in [-0.39, 0.29) is 0 Å². The monoisotopic (exact) mass is 179 g/mol. The fourth-order valence-electron chi connectivity index (χ4n) is 1.89. The molecule has 2 rings (SSSR count). The Balaban J connectivity index is 0.000000396. The molecule has 0 radical (unpaired) electrons. The molecule has 1 nitrogen and oxygen atoms in total. The lowest BCUT2D eigenvalue weighted by Gasteiger charge is -2.23. The van der Waals surface area contributed by atoms with E-state index < -0.39 is 0 Å². The quantitative estimate of drug-likeness (QED) is 0.602. The van der Waals surface area contributed by atoms with Crippen molar-refractivity contribution in [3.8, 4) is 0 Å². The topological polar surface area (TPSA) is 12.0 Å². The van der Waals surface area contributed by atoms with Gasteiger partial charge in [0.25, 0.3) is 0 Å². The zero-order valence-corrected chi connectivity index (χ0v) is 9.11. The van der Waals surface area contributed by atoms with Crippen LogP contribution in [0, 0.1) is 0 Å². The van der Waals surface area contributed by atoms with E-state index >= 15 is 0 Å². The van der Waals surface area contributed by atoms with Crippen molar-refractivity contribution < 1.29 is 0 Å². The largest absolute Gasteiger partial charge is 0.313 e. The van der Waals surface area contributed by atoms with Crippen molar-refractivity contribution in [1.82, 2.24) is 5.32 Å². The van der Waals surface area contributed by atoms with Crippen LogP contribution in [0.15, 0.2) is 22.8 Å². The normalized spacial score (nSPS) is 21.3. The SMILES string of the molecule is CC.CC1=CC2=C(CC1)CNCC2. The molecule has 1 aliphatic carbocycles. The van der Waals surface area contributed by atoms with Gasteiger partial charge in [-0.25, -0.2) is 0 Å². The highest BCUT2D eigenvalue weighted by Gasteiger charge is 2.13. The van der Waals surface area contributed by atoms with Gasteiger partial charge in [0.2, 0.25) is 0 Å². The van der Waals surface area contributed by atoms with Gasteiger partial charge >= 0.3 is 0 Å². The second-order valence-electron chi connectivity index (χ2n) is 3.55. The molecule has 0 amide bonds. The minimum atomic E-state index is 1.14. The Morgan fingerprint density at radius 2 is 1.92 bits per heavy atom. The molecule has 13 heavy (non-hydrogen) atoms. The maximum absolute atomic E-state index is 3.41. The molecule has 0 aromatic carbocycles. The van der Waals surface area contributed by atoms with Crippen molar-refractivity contribution >= 4 is 0 Å². The fourth-order valence-corrected chi connectivity index (χ4v) is 1.89. The van der Waals surface area contributed by atoms with E-state index in [9.17, 15) is 0 Å². The van der Waals surface area contributed by atoms with Gasteiger partial charge in [-0.15, -0.1) is 0 Å². The summed E-state index contributed by atoms with van der Waals surface area (Å²) in [5, 5.41) is 3.41. The molecule has 1 aliphatic heterocycles. The van der Waals surface area contributed by atoms with Crippen molar-refractivity contribution in [2.24, 2.45) is 0 Å². The maximum Gasteiger partial charge on any atom is 0.0170 e. The van der Waals surface area contributed by atoms with E-state index in [0.29, 0.717) is 0 Å². The van der Waals surface area contributed by atoms with E-state index in [1.807, 2.05) is 13.8 Å². The van der Waals surface area contributed by atoms with Crippen LogP contribution in [0.5, 0.6) is 0 Å². The summed E-state index contributed by atoms with van der Waals surface area (Å²) in [6, 6.07) is 0. The Morgan fingerprint density at radius 1 is 1.15 bits per heavy atom. The van der Waals surface area contributed by atoms with Gasteiger partial charge in [-0.3, -0.25) is 0 Å². The smallest absolute Gasteiger partial charge is 0.0170 e. The van der Waals surface area contributed by atoms with E-state index in [2.05, 4.69) is 18.3 Å². The molecule has 0 aromatic rings. The predicted molar refractivity (Wildman–Crippen MR) is 58.9 cm³/mol. The third kappa shape index (κ3) is 2.70. The number of hydrogen-bond acceptors (Lipinski definition) is 1. The summed E-state index contributed by atoms with van der Waals surface area (Å²) in [6.07, 6.45) is 6.21. The van der Waals surface area contributed by atoms with Crippen LogP contribution in [0.25, 0.3) is 0 Å². The number of hydrogen-bond donors (Lipinski definition) is 1. The summed E-state index contributed by atoms with van der Waals surface area (Å²) in [6.45, 7) is 8.55. The Labute approximate surface area is 81.9 Å². The lowest BCUT2D eigenvalue weighted by atomic mass is 9.89. The Hall–Kier alpha value is -0.560. The van der Waals surface area contributed by atoms with Gasteiger partial charge in [-0.05, 0) is 38.3 Å². The standard InChI is InChI=1S/C10H15N.C2H6/c1-8-2-3-10-7-11-5-4-9(10)6-8;1-2/h6,11H,2-5,7H2,1H3;1-2H3. The van der Waals surface area contributed by atoms with Gasteiger partial charge in [-0.2, -0.15) is 0 Å². The minimum absolute atomic E-state index is 1.14. The molecule has 1 heterocycles. The summed E-state index contributed by atoms with van der Waals surface area (Å²) in [5.41, 5.74) is 4.83. The second-order valence-corrected chi connectivity index (χ2v) is 3.55. The highest BCUT2D eigenvalue weighted by molar-refractivity contribution is 5.35. The van der Waals surface area contributed by atoms with Crippen LogP contribution < -0.4 is 5.32 Å². The van der Waals surface area contributed by atoms with Gasteiger partial charge in [-0.1, -0.05) is 31.1 Å². The van der Waals surface area contributed by atoms with E-state index in [1.165, 1.54) is 25.8 Å². The van der Waals surface area contributed by atoms with E-state index in [4.69, 9.17) is 0 Å². The predicted octanol–water partition coefficient (Wildman–Crippen LogP) is 3.04. The molecule has 0 fully saturated rings. The van der Waals surface area contributed by atoms with Crippen LogP contribution in [0.2, 0.25) is 0 Å². The summed E-state index contributed by atoms with van der Waals surface area (Å²) in [5.74, 6) is 0. The van der Waals surface area contributed by atoms with Crippen molar-refractivity contribution in [2.45, 2.75) is 40.0 Å². The first-order valence-corrected chi connectivity index (χ1v) is 5.45. The van der Waals surface area contributed by atoms with Crippen LogP contribution in [-0.2, 0) is 0 Å². The van der Waals surface area contributed by atoms with Crippen molar-refractivity contribution in [1.29, 1.82) is 0 Å². The summed E-state index contributed by atoms with van der Waals surface area (Å²) < 4.78 is 0. The molecule has 0 saturated carbocycles. The van der Waals surface area contributed by atoms with Crippen LogP contribution in [0.4, 0.5) is 0 Å². The van der Waals surface area contributed by atoms with Crippen LogP contribution >= 0.6 is 0 Å². The third-order valence-electron chi connectivity index (χ3n) is 2.61. The minimum Gasteiger partial charge on any atom is -0.313 e. The third-order valence-corrected chi connectivity index (χ3v) is 2.61. The second kappa shape index (κ2) is 5.23. The van der Waals surface area contributed by atoms with Crippen LogP contribution in [0.1, 0.15) is 40.0 Å². The first-order valence-electron chi connectivity index (χ1n) is 5.45. The summed E-state index contributed by atoms with van der Waals surface area (Å²) in [4.78, 5) is 0. The Bertz CT molecular complexity index is 223. The molecule has 2 aliphatic rings. The molecule has 0 aromatic heterocycles. The van der Waals surface area contributed by atoms with Crippen molar-refractivity contribution in [2.75, 3.05) is 13.1 Å². The molecule has 0 unspecified atom stereocenters. The molecular formula is C12H21N. The molecule has 1 heteroatoms. The molecule has 74 valence electrons. The summed E-state index contributed by atoms with van der Waals surface area (Å²) >= 11 is 0. The van der Waals surface area contributed by atoms with E-state index in [1.54, 1.807) is 16.7 Å². The van der Waals surface area contributed by atoms with Crippen LogP contribution in [-0.4, -0.2) is 13.1 Å². The van der Waals surface area contributed by atoms with Gasteiger partial charge < -0.3 is 5.32 Å². The lowest BCUT2D eigenvalue weighted by Crippen LogP contribution is -2.25. The summed E-state index contributed by atoms with van der Waals surface area (Å²) in [7, 11) is 0. The van der Waals surface area contributed by atoms with Gasteiger partial charge in [0.1, 0.15) is 0 Å². The maximum atomic E-state index is 3.41. The van der Waals surface area contributed by atoms with E-state index in [0.717, 1.165) is 6.54 Å². The van der Waals surface area contributed by atoms with Crippen molar-refractivity contribution in [3.05, 3.63) is 22.8 Å².